The van der Waals surface area contributed by atoms with Gasteiger partial charge in [-0.25, -0.2) is 8.42 Å². The van der Waals surface area contributed by atoms with Gasteiger partial charge in [-0.1, -0.05) is 6.07 Å². The highest BCUT2D eigenvalue weighted by Gasteiger charge is 2.29. The average molecular weight is 316 g/mol. The number of benzene rings is 1. The van der Waals surface area contributed by atoms with Gasteiger partial charge in [-0.05, 0) is 31.5 Å². The van der Waals surface area contributed by atoms with Crippen LogP contribution in [-0.2, 0) is 14.8 Å². The Morgan fingerprint density at radius 3 is 2.33 bits per heavy atom. The molecule has 8 nitrogen and oxygen atoms in total. The predicted molar refractivity (Wildman–Crippen MR) is 73.1 cm³/mol. The minimum absolute atomic E-state index is 0.0156. The smallest absolute Gasteiger partial charge is 0.324 e. The fourth-order valence-electron chi connectivity index (χ4n) is 1.62. The lowest BCUT2D eigenvalue weighted by Crippen LogP contribution is -2.47. The van der Waals surface area contributed by atoms with E-state index in [4.69, 9.17) is 10.8 Å². The summed E-state index contributed by atoms with van der Waals surface area (Å²) in [7, 11) is -4.22. The van der Waals surface area contributed by atoms with Gasteiger partial charge in [-0.3, -0.25) is 9.59 Å². The Bertz CT molecular complexity index is 668. The maximum absolute atomic E-state index is 12.1. The van der Waals surface area contributed by atoms with Crippen molar-refractivity contribution in [3.05, 3.63) is 29.3 Å². The van der Waals surface area contributed by atoms with Crippen LogP contribution in [0.1, 0.15) is 22.8 Å². The third-order valence-electron chi connectivity index (χ3n) is 2.82. The van der Waals surface area contributed by atoms with Crippen molar-refractivity contribution in [3.63, 3.8) is 0 Å². The number of primary amides is 1. The Kier molecular flexibility index (Phi) is 5.05. The second kappa shape index (κ2) is 6.20. The summed E-state index contributed by atoms with van der Waals surface area (Å²) in [6, 6.07) is 1.95. The summed E-state index contributed by atoms with van der Waals surface area (Å²) in [5.74, 6) is -2.31. The lowest BCUT2D eigenvalue weighted by atomic mass is 10.1. The zero-order chi connectivity index (χ0) is 16.4. The maximum atomic E-state index is 12.1. The monoisotopic (exact) mass is 316 g/mol. The molecule has 0 saturated carbocycles. The number of carboxylic acid groups (broad SMARTS) is 1. The summed E-state index contributed by atoms with van der Waals surface area (Å²) < 4.78 is 26.1. The van der Waals surface area contributed by atoms with Gasteiger partial charge in [0.1, 0.15) is 6.04 Å². The summed E-state index contributed by atoms with van der Waals surface area (Å²) in [5, 5.41) is 18.2. The molecule has 0 spiro atoms. The molecule has 1 aromatic rings. The fraction of sp³-hybridized carbons (Fsp3) is 0.333. The van der Waals surface area contributed by atoms with E-state index in [2.05, 4.69) is 0 Å². The molecule has 0 heterocycles. The van der Waals surface area contributed by atoms with Gasteiger partial charge in [-0.15, -0.1) is 0 Å². The molecule has 0 aromatic heterocycles. The van der Waals surface area contributed by atoms with Crippen LogP contribution in [0, 0.1) is 6.92 Å². The molecule has 5 N–H and O–H groups in total. The molecular weight excluding hydrogens is 300 g/mol. The van der Waals surface area contributed by atoms with Crippen LogP contribution in [0.3, 0.4) is 0 Å². The molecule has 116 valence electrons. The molecular formula is C12H16N2O6S. The van der Waals surface area contributed by atoms with Crippen LogP contribution >= 0.6 is 0 Å². The number of amides is 1. The SMILES string of the molecule is Cc1ccc(S(=O)(=O)NC(C(=O)O)C(C)O)cc1C(N)=O. The van der Waals surface area contributed by atoms with E-state index < -0.39 is 34.0 Å². The summed E-state index contributed by atoms with van der Waals surface area (Å²) in [6.45, 7) is 2.73. The number of aryl methyl sites for hydroxylation is 1. The van der Waals surface area contributed by atoms with Gasteiger partial charge in [0.15, 0.2) is 0 Å². The van der Waals surface area contributed by atoms with Gasteiger partial charge < -0.3 is 15.9 Å². The molecule has 0 radical (unpaired) electrons. The van der Waals surface area contributed by atoms with E-state index in [1.807, 2.05) is 4.72 Å². The van der Waals surface area contributed by atoms with Crippen LogP contribution in [0.25, 0.3) is 0 Å². The van der Waals surface area contributed by atoms with Crippen molar-refractivity contribution in [3.8, 4) is 0 Å². The molecule has 0 aliphatic carbocycles. The van der Waals surface area contributed by atoms with Crippen molar-refractivity contribution in [1.29, 1.82) is 0 Å². The molecule has 0 bridgehead atoms. The van der Waals surface area contributed by atoms with Crippen LogP contribution < -0.4 is 10.5 Å². The van der Waals surface area contributed by atoms with Crippen LogP contribution in [0.15, 0.2) is 23.1 Å². The molecule has 0 fully saturated rings. The van der Waals surface area contributed by atoms with Crippen molar-refractivity contribution < 1.29 is 28.2 Å². The highest BCUT2D eigenvalue weighted by molar-refractivity contribution is 7.89. The van der Waals surface area contributed by atoms with Crippen molar-refractivity contribution in [1.82, 2.24) is 4.72 Å². The number of sulfonamides is 1. The third-order valence-corrected chi connectivity index (χ3v) is 4.25. The number of carbonyl (C=O) groups is 2. The van der Waals surface area contributed by atoms with Gasteiger partial charge >= 0.3 is 5.97 Å². The fourth-order valence-corrected chi connectivity index (χ4v) is 2.91. The van der Waals surface area contributed by atoms with Crippen molar-refractivity contribution in [2.45, 2.75) is 30.9 Å². The number of carboxylic acids is 1. The molecule has 9 heteroatoms. The minimum atomic E-state index is -4.22. The van der Waals surface area contributed by atoms with Gasteiger partial charge in [0.05, 0.1) is 11.0 Å². The largest absolute Gasteiger partial charge is 0.480 e. The third kappa shape index (κ3) is 4.00. The first-order chi connectivity index (χ1) is 9.56. The van der Waals surface area contributed by atoms with E-state index in [0.29, 0.717) is 5.56 Å². The Balaban J connectivity index is 3.22. The molecule has 0 aliphatic heterocycles. The Morgan fingerprint density at radius 2 is 1.90 bits per heavy atom. The first kappa shape index (κ1) is 17.1. The second-order valence-electron chi connectivity index (χ2n) is 4.52. The maximum Gasteiger partial charge on any atom is 0.324 e. The zero-order valence-corrected chi connectivity index (χ0v) is 12.2. The molecule has 0 aliphatic rings. The quantitative estimate of drug-likeness (QED) is 0.540. The number of aliphatic hydroxyl groups excluding tert-OH is 1. The van der Waals surface area contributed by atoms with Crippen LogP contribution in [0.5, 0.6) is 0 Å². The first-order valence-electron chi connectivity index (χ1n) is 5.90. The number of nitrogens with two attached hydrogens (primary N) is 1. The number of rotatable bonds is 6. The zero-order valence-electron chi connectivity index (χ0n) is 11.4. The minimum Gasteiger partial charge on any atom is -0.480 e. The van der Waals surface area contributed by atoms with Gasteiger partial charge in [0.25, 0.3) is 0 Å². The van der Waals surface area contributed by atoms with Crippen LogP contribution in [0.4, 0.5) is 0 Å². The number of aliphatic carboxylic acids is 1. The number of nitrogens with one attached hydrogen (secondary N) is 1. The van der Waals surface area contributed by atoms with Crippen molar-refractivity contribution >= 4 is 21.9 Å². The second-order valence-corrected chi connectivity index (χ2v) is 6.23. The first-order valence-corrected chi connectivity index (χ1v) is 7.38. The van der Waals surface area contributed by atoms with E-state index in [0.717, 1.165) is 13.0 Å². The normalized spacial score (nSPS) is 14.4. The summed E-state index contributed by atoms with van der Waals surface area (Å²) in [4.78, 5) is 21.8. The topological polar surface area (TPSA) is 147 Å². The molecule has 2 atom stereocenters. The predicted octanol–water partition coefficient (Wildman–Crippen LogP) is -0.794. The standard InChI is InChI=1S/C12H16N2O6S/c1-6-3-4-8(5-9(6)11(13)16)21(19,20)14-10(7(2)15)12(17)18/h3-5,7,10,14-15H,1-2H3,(H2,13,16)(H,17,18). The van der Waals surface area contributed by atoms with E-state index in [9.17, 15) is 23.1 Å². The van der Waals surface area contributed by atoms with Gasteiger partial charge in [-0.2, -0.15) is 4.72 Å². The van der Waals surface area contributed by atoms with Crippen molar-refractivity contribution in [2.24, 2.45) is 5.73 Å². The molecule has 0 saturated heterocycles. The summed E-state index contributed by atoms with van der Waals surface area (Å²) >= 11 is 0. The Morgan fingerprint density at radius 1 is 1.33 bits per heavy atom. The van der Waals surface area contributed by atoms with Gasteiger partial charge in [0.2, 0.25) is 15.9 Å². The highest BCUT2D eigenvalue weighted by Crippen LogP contribution is 2.16. The lowest BCUT2D eigenvalue weighted by Gasteiger charge is -2.17. The van der Waals surface area contributed by atoms with Gasteiger partial charge in [0, 0.05) is 5.56 Å². The number of carbonyl (C=O) groups excluding carboxylic acids is 1. The van der Waals surface area contributed by atoms with Crippen molar-refractivity contribution in [2.75, 3.05) is 0 Å². The highest BCUT2D eigenvalue weighted by atomic mass is 32.2. The van der Waals surface area contributed by atoms with E-state index in [-0.39, 0.29) is 10.5 Å². The number of hydrogen-bond acceptors (Lipinski definition) is 5. The van der Waals surface area contributed by atoms with Crippen LogP contribution in [0.2, 0.25) is 0 Å². The average Bonchev–Trinajstić information content (AvgIpc) is 2.35. The summed E-state index contributed by atoms with van der Waals surface area (Å²) in [5.41, 5.74) is 5.64. The van der Waals surface area contributed by atoms with E-state index in [1.165, 1.54) is 12.1 Å². The van der Waals surface area contributed by atoms with E-state index in [1.54, 1.807) is 6.92 Å². The van der Waals surface area contributed by atoms with Crippen LogP contribution in [-0.4, -0.2) is 42.7 Å². The number of hydrogen-bond donors (Lipinski definition) is 4. The molecule has 21 heavy (non-hydrogen) atoms. The lowest BCUT2D eigenvalue weighted by molar-refractivity contribution is -0.141. The van der Waals surface area contributed by atoms with E-state index >= 15 is 0 Å². The number of aliphatic hydroxyl groups is 1. The molecule has 1 rings (SSSR count). The summed E-state index contributed by atoms with van der Waals surface area (Å²) in [6.07, 6.45) is -1.43. The molecule has 2 unspecified atom stereocenters. The Hall–Kier alpha value is -1.97. The Labute approximate surface area is 121 Å². The molecule has 1 aromatic carbocycles. The molecule has 1 amide bonds.